The van der Waals surface area contributed by atoms with Crippen LogP contribution in [0.1, 0.15) is 46.8 Å². The molecule has 4 rings (SSSR count). The smallest absolute Gasteiger partial charge is 0.345 e. The number of anilines is 1. The molecule has 3 aromatic rings. The highest BCUT2D eigenvalue weighted by Gasteiger charge is 2.31. The number of hydrogen-bond donors (Lipinski definition) is 1. The summed E-state index contributed by atoms with van der Waals surface area (Å²) >= 11 is 1.47. The van der Waals surface area contributed by atoms with Crippen LogP contribution in [0.3, 0.4) is 0 Å². The van der Waals surface area contributed by atoms with Crippen LogP contribution in [0.5, 0.6) is 0 Å². The van der Waals surface area contributed by atoms with Gasteiger partial charge in [0.15, 0.2) is 9.84 Å². The maximum absolute atomic E-state index is 13.5. The van der Waals surface area contributed by atoms with E-state index in [-0.39, 0.29) is 35.4 Å². The molecule has 0 aliphatic carbocycles. The van der Waals surface area contributed by atoms with E-state index in [9.17, 15) is 31.6 Å². The molecular formula is C30H30F3N3O4S2. The van der Waals surface area contributed by atoms with Crippen molar-refractivity contribution in [1.82, 2.24) is 5.32 Å². The van der Waals surface area contributed by atoms with Gasteiger partial charge in [-0.05, 0) is 59.7 Å². The van der Waals surface area contributed by atoms with Crippen molar-refractivity contribution in [3.63, 3.8) is 0 Å². The molecular weight excluding hydrogens is 587 g/mol. The third-order valence-electron chi connectivity index (χ3n) is 7.04. The molecule has 3 aromatic carbocycles. The molecule has 42 heavy (non-hydrogen) atoms. The third kappa shape index (κ3) is 7.85. The number of rotatable bonds is 11. The van der Waals surface area contributed by atoms with Crippen molar-refractivity contribution in [2.75, 3.05) is 29.6 Å². The second kappa shape index (κ2) is 14.1. The maximum atomic E-state index is 13.5. The summed E-state index contributed by atoms with van der Waals surface area (Å²) in [5.41, 5.74) is 2.56. The topological polar surface area (TPSA) is 99.5 Å². The van der Waals surface area contributed by atoms with Crippen LogP contribution in [-0.4, -0.2) is 51.0 Å². The normalized spacial score (nSPS) is 18.0. The molecule has 1 saturated heterocycles. The Kier molecular flexibility index (Phi) is 10.5. The van der Waals surface area contributed by atoms with Crippen LogP contribution in [-0.2, 0) is 14.6 Å². The Hall–Kier alpha value is -3.53. The first-order valence-electron chi connectivity index (χ1n) is 13.2. The number of thioether (sulfide) groups is 1. The summed E-state index contributed by atoms with van der Waals surface area (Å²) in [6, 6.07) is 20.4. The van der Waals surface area contributed by atoms with Crippen molar-refractivity contribution in [2.45, 2.75) is 42.2 Å². The fourth-order valence-electron chi connectivity index (χ4n) is 4.69. The molecule has 1 amide bonds. The average molecular weight is 618 g/mol. The van der Waals surface area contributed by atoms with E-state index in [0.717, 1.165) is 5.56 Å². The fraction of sp³-hybridized carbons (Fsp3) is 0.333. The van der Waals surface area contributed by atoms with Gasteiger partial charge in [0.1, 0.15) is 5.82 Å². The molecule has 0 unspecified atom stereocenters. The number of nitrogens with one attached hydrogen (secondary N) is 1. The van der Waals surface area contributed by atoms with Gasteiger partial charge in [-0.15, -0.1) is 11.8 Å². The van der Waals surface area contributed by atoms with Crippen LogP contribution < -0.4 is 10.2 Å². The van der Waals surface area contributed by atoms with E-state index in [1.807, 2.05) is 11.0 Å². The van der Waals surface area contributed by atoms with Gasteiger partial charge in [-0.2, -0.15) is 14.0 Å². The van der Waals surface area contributed by atoms with Gasteiger partial charge >= 0.3 is 6.61 Å². The minimum Gasteiger partial charge on any atom is -0.357 e. The molecule has 0 aromatic heterocycles. The van der Waals surface area contributed by atoms with E-state index in [1.54, 1.807) is 55.5 Å². The predicted molar refractivity (Wildman–Crippen MR) is 156 cm³/mol. The number of nitriles is 1. The van der Waals surface area contributed by atoms with Crippen LogP contribution in [0.2, 0.25) is 0 Å². The first kappa shape index (κ1) is 31.4. The molecule has 0 bridgehead atoms. The molecule has 1 aliphatic rings. The lowest BCUT2D eigenvalue weighted by Crippen LogP contribution is -2.44. The van der Waals surface area contributed by atoms with E-state index in [4.69, 9.17) is 0 Å². The SMILES string of the molecule is CCS(=O)(=O)c1ccc([C@H](CC#N)NC(=O)c2ccc(N3C[C@@H](c4ccc(F)cc4)CS[C@H]3COC(F)F)cc2)cc1. The second-order valence-electron chi connectivity index (χ2n) is 9.69. The molecule has 1 fully saturated rings. The Balaban J connectivity index is 1.50. The minimum atomic E-state index is -3.38. The molecule has 1 heterocycles. The number of hydrogen-bond acceptors (Lipinski definition) is 7. The number of carbonyl (C=O) groups excluding carboxylic acids is 1. The van der Waals surface area contributed by atoms with Crippen molar-refractivity contribution in [3.8, 4) is 6.07 Å². The number of benzene rings is 3. The zero-order chi connectivity index (χ0) is 30.3. The highest BCUT2D eigenvalue weighted by molar-refractivity contribution is 8.00. The van der Waals surface area contributed by atoms with Crippen LogP contribution in [0.25, 0.3) is 0 Å². The Morgan fingerprint density at radius 2 is 1.76 bits per heavy atom. The summed E-state index contributed by atoms with van der Waals surface area (Å²) in [5, 5.41) is 11.8. The predicted octanol–water partition coefficient (Wildman–Crippen LogP) is 5.91. The largest absolute Gasteiger partial charge is 0.357 e. The fourth-order valence-corrected chi connectivity index (χ4v) is 6.89. The summed E-state index contributed by atoms with van der Waals surface area (Å²) < 4.78 is 68.0. The van der Waals surface area contributed by atoms with Gasteiger partial charge in [0.05, 0.1) is 41.2 Å². The zero-order valence-corrected chi connectivity index (χ0v) is 24.4. The Labute approximate surface area is 247 Å². The third-order valence-corrected chi connectivity index (χ3v) is 10.2. The van der Waals surface area contributed by atoms with E-state index < -0.39 is 33.8 Å². The Morgan fingerprint density at radius 1 is 1.10 bits per heavy atom. The molecule has 0 radical (unpaired) electrons. The van der Waals surface area contributed by atoms with Crippen molar-refractivity contribution < 1.29 is 31.1 Å². The van der Waals surface area contributed by atoms with Crippen molar-refractivity contribution in [1.29, 1.82) is 5.26 Å². The quantitative estimate of drug-likeness (QED) is 0.286. The lowest BCUT2D eigenvalue weighted by atomic mass is 9.99. The summed E-state index contributed by atoms with van der Waals surface area (Å²) in [5.74, 6) is -0.141. The van der Waals surface area contributed by atoms with E-state index in [0.29, 0.717) is 29.1 Å². The molecule has 222 valence electrons. The van der Waals surface area contributed by atoms with Gasteiger partial charge in [0.25, 0.3) is 5.91 Å². The summed E-state index contributed by atoms with van der Waals surface area (Å²) in [4.78, 5) is 15.2. The maximum Gasteiger partial charge on any atom is 0.345 e. The number of sulfone groups is 1. The number of nitrogens with zero attached hydrogens (tertiary/aromatic N) is 2. The van der Waals surface area contributed by atoms with Gasteiger partial charge < -0.3 is 15.0 Å². The monoisotopic (exact) mass is 617 g/mol. The van der Waals surface area contributed by atoms with Crippen molar-refractivity contribution in [3.05, 3.63) is 95.3 Å². The first-order valence-corrected chi connectivity index (χ1v) is 16.0. The van der Waals surface area contributed by atoms with Gasteiger partial charge in [-0.25, -0.2) is 12.8 Å². The van der Waals surface area contributed by atoms with Crippen LogP contribution in [0.15, 0.2) is 77.7 Å². The van der Waals surface area contributed by atoms with E-state index >= 15 is 0 Å². The molecule has 3 atom stereocenters. The summed E-state index contributed by atoms with van der Waals surface area (Å²) in [6.45, 7) is -1.06. The van der Waals surface area contributed by atoms with Crippen molar-refractivity contribution in [2.24, 2.45) is 0 Å². The van der Waals surface area contributed by atoms with E-state index in [2.05, 4.69) is 10.1 Å². The van der Waals surface area contributed by atoms with Crippen LogP contribution in [0, 0.1) is 17.1 Å². The highest BCUT2D eigenvalue weighted by atomic mass is 32.2. The molecule has 12 heteroatoms. The molecule has 1 aliphatic heterocycles. The zero-order valence-electron chi connectivity index (χ0n) is 22.8. The number of amides is 1. The molecule has 0 saturated carbocycles. The second-order valence-corrected chi connectivity index (χ2v) is 13.2. The summed E-state index contributed by atoms with van der Waals surface area (Å²) in [6.07, 6.45) is -0.0225. The minimum absolute atomic E-state index is 0.0202. The van der Waals surface area contributed by atoms with Gasteiger partial charge in [0, 0.05) is 29.5 Å². The van der Waals surface area contributed by atoms with E-state index in [1.165, 1.54) is 36.0 Å². The molecule has 1 N–H and O–H groups in total. The van der Waals surface area contributed by atoms with Gasteiger partial charge in [0.2, 0.25) is 0 Å². The number of alkyl halides is 2. The lowest BCUT2D eigenvalue weighted by molar-refractivity contribution is -0.128. The Morgan fingerprint density at radius 3 is 2.36 bits per heavy atom. The first-order chi connectivity index (χ1) is 20.1. The Bertz CT molecular complexity index is 1500. The lowest BCUT2D eigenvalue weighted by Gasteiger charge is -2.41. The number of halogens is 3. The molecule has 0 spiro atoms. The average Bonchev–Trinajstić information content (AvgIpc) is 3.00. The van der Waals surface area contributed by atoms with Crippen LogP contribution in [0.4, 0.5) is 18.9 Å². The van der Waals surface area contributed by atoms with Crippen molar-refractivity contribution >= 4 is 33.2 Å². The van der Waals surface area contributed by atoms with Gasteiger partial charge in [-0.1, -0.05) is 31.2 Å². The standard InChI is InChI=1S/C30H30F3N3O4S2/c1-2-42(38,39)26-13-7-21(8-14-26)27(15-16-34)35-29(37)22-5-11-25(12-6-22)36-17-23(20-3-9-24(31)10-4-20)19-41-28(36)18-40-30(32)33/h3-14,23,27-28,30H,2,15,17-19H2,1H3,(H,35,37)/t23-,27+,28+/m1/s1. The number of carbonyl (C=O) groups is 1. The highest BCUT2D eigenvalue weighted by Crippen LogP contribution is 2.36. The number of ether oxygens (including phenoxy) is 1. The van der Waals surface area contributed by atoms with Crippen LogP contribution >= 0.6 is 11.8 Å². The summed E-state index contributed by atoms with van der Waals surface area (Å²) in [7, 11) is -3.38. The molecule has 7 nitrogen and oxygen atoms in total. The van der Waals surface area contributed by atoms with Gasteiger partial charge in [-0.3, -0.25) is 4.79 Å².